The van der Waals surface area contributed by atoms with Crippen molar-refractivity contribution < 1.29 is 14.6 Å². The first-order valence-electron chi connectivity index (χ1n) is 7.65. The fourth-order valence-corrected chi connectivity index (χ4v) is 2.49. The lowest BCUT2D eigenvalue weighted by molar-refractivity contribution is -0.126. The van der Waals surface area contributed by atoms with Gasteiger partial charge in [-0.15, -0.1) is 0 Å². The molecule has 0 aliphatic heterocycles. The SMILES string of the molecule is COC(CNC(=O)CC(C)(O)c1ccccc1)c1ccccc1. The maximum atomic E-state index is 12.2. The lowest BCUT2D eigenvalue weighted by atomic mass is 9.92. The maximum Gasteiger partial charge on any atom is 0.223 e. The van der Waals surface area contributed by atoms with E-state index in [4.69, 9.17) is 4.74 Å². The van der Waals surface area contributed by atoms with E-state index in [1.807, 2.05) is 60.7 Å². The molecule has 4 nitrogen and oxygen atoms in total. The first kappa shape index (κ1) is 17.2. The van der Waals surface area contributed by atoms with Crippen LogP contribution >= 0.6 is 0 Å². The molecule has 2 N–H and O–H groups in total. The summed E-state index contributed by atoms with van der Waals surface area (Å²) in [5.74, 6) is -0.211. The molecule has 122 valence electrons. The summed E-state index contributed by atoms with van der Waals surface area (Å²) in [5.41, 5.74) is 0.535. The second-order valence-corrected chi connectivity index (χ2v) is 5.76. The Balaban J connectivity index is 1.92. The molecule has 0 aliphatic carbocycles. The first-order chi connectivity index (χ1) is 11.0. The molecular weight excluding hydrogens is 290 g/mol. The van der Waals surface area contributed by atoms with Gasteiger partial charge in [0.2, 0.25) is 5.91 Å². The topological polar surface area (TPSA) is 58.6 Å². The molecule has 2 aromatic carbocycles. The number of methoxy groups -OCH3 is 1. The number of ether oxygens (including phenoxy) is 1. The maximum absolute atomic E-state index is 12.2. The largest absolute Gasteiger partial charge is 0.385 e. The van der Waals surface area contributed by atoms with Gasteiger partial charge in [-0.1, -0.05) is 60.7 Å². The molecule has 0 spiro atoms. The van der Waals surface area contributed by atoms with Crippen LogP contribution in [0.15, 0.2) is 60.7 Å². The number of nitrogens with one attached hydrogen (secondary N) is 1. The predicted molar refractivity (Wildman–Crippen MR) is 89.8 cm³/mol. The molecule has 4 heteroatoms. The van der Waals surface area contributed by atoms with Crippen LogP contribution in [0, 0.1) is 0 Å². The molecule has 2 aromatic rings. The zero-order chi connectivity index (χ0) is 16.7. The fourth-order valence-electron chi connectivity index (χ4n) is 2.49. The average Bonchev–Trinajstić information content (AvgIpc) is 2.57. The van der Waals surface area contributed by atoms with E-state index in [1.165, 1.54) is 0 Å². The molecule has 0 aliphatic rings. The Labute approximate surface area is 137 Å². The molecule has 0 saturated heterocycles. The van der Waals surface area contributed by atoms with Crippen molar-refractivity contribution >= 4 is 5.91 Å². The van der Waals surface area contributed by atoms with Crippen LogP contribution in [-0.2, 0) is 15.1 Å². The minimum absolute atomic E-state index is 0.00222. The van der Waals surface area contributed by atoms with Crippen molar-refractivity contribution in [1.29, 1.82) is 0 Å². The Morgan fingerprint density at radius 1 is 1.13 bits per heavy atom. The summed E-state index contributed by atoms with van der Waals surface area (Å²) < 4.78 is 5.42. The number of benzene rings is 2. The number of rotatable bonds is 7. The Morgan fingerprint density at radius 3 is 2.26 bits per heavy atom. The van der Waals surface area contributed by atoms with Crippen molar-refractivity contribution in [2.45, 2.75) is 25.0 Å². The third-order valence-electron chi connectivity index (χ3n) is 3.84. The van der Waals surface area contributed by atoms with E-state index in [0.29, 0.717) is 6.54 Å². The van der Waals surface area contributed by atoms with E-state index < -0.39 is 5.60 Å². The molecule has 2 unspecified atom stereocenters. The number of hydrogen-bond donors (Lipinski definition) is 2. The molecule has 2 rings (SSSR count). The number of hydrogen-bond acceptors (Lipinski definition) is 3. The zero-order valence-corrected chi connectivity index (χ0v) is 13.5. The third kappa shape index (κ3) is 4.91. The molecule has 0 radical (unpaired) electrons. The van der Waals surface area contributed by atoms with Gasteiger partial charge in [0.05, 0.1) is 18.1 Å². The van der Waals surface area contributed by atoms with Gasteiger partial charge in [0, 0.05) is 13.7 Å². The predicted octanol–water partition coefficient (Wildman–Crippen LogP) is 2.79. The van der Waals surface area contributed by atoms with Crippen LogP contribution < -0.4 is 5.32 Å². The van der Waals surface area contributed by atoms with Crippen LogP contribution in [0.3, 0.4) is 0 Å². The van der Waals surface area contributed by atoms with E-state index in [9.17, 15) is 9.90 Å². The normalized spacial score (nSPS) is 14.7. The molecule has 1 amide bonds. The van der Waals surface area contributed by atoms with Gasteiger partial charge >= 0.3 is 0 Å². The second kappa shape index (κ2) is 7.90. The van der Waals surface area contributed by atoms with Crippen LogP contribution in [0.2, 0.25) is 0 Å². The fraction of sp³-hybridized carbons (Fsp3) is 0.316. The van der Waals surface area contributed by atoms with Crippen LogP contribution in [0.1, 0.15) is 30.6 Å². The van der Waals surface area contributed by atoms with Crippen molar-refractivity contribution in [3.8, 4) is 0 Å². The van der Waals surface area contributed by atoms with E-state index in [0.717, 1.165) is 11.1 Å². The van der Waals surface area contributed by atoms with E-state index >= 15 is 0 Å². The average molecular weight is 313 g/mol. The minimum Gasteiger partial charge on any atom is -0.385 e. The molecular formula is C19H23NO3. The van der Waals surface area contributed by atoms with Crippen LogP contribution in [0.5, 0.6) is 0 Å². The van der Waals surface area contributed by atoms with Gasteiger partial charge in [-0.3, -0.25) is 4.79 Å². The van der Waals surface area contributed by atoms with E-state index in [1.54, 1.807) is 14.0 Å². The van der Waals surface area contributed by atoms with Gasteiger partial charge in [0.25, 0.3) is 0 Å². The Kier molecular flexibility index (Phi) is 5.90. The van der Waals surface area contributed by atoms with Gasteiger partial charge in [-0.25, -0.2) is 0 Å². The summed E-state index contributed by atoms with van der Waals surface area (Å²) in [4.78, 5) is 12.2. The Hall–Kier alpha value is -2.17. The van der Waals surface area contributed by atoms with Crippen molar-refractivity contribution in [1.82, 2.24) is 5.32 Å². The summed E-state index contributed by atoms with van der Waals surface area (Å²) >= 11 is 0. The molecule has 2 atom stereocenters. The number of carbonyl (C=O) groups is 1. The monoisotopic (exact) mass is 313 g/mol. The summed E-state index contributed by atoms with van der Waals surface area (Å²) in [7, 11) is 1.62. The third-order valence-corrected chi connectivity index (χ3v) is 3.84. The molecule has 0 heterocycles. The first-order valence-corrected chi connectivity index (χ1v) is 7.65. The van der Waals surface area contributed by atoms with Gasteiger partial charge in [0.15, 0.2) is 0 Å². The smallest absolute Gasteiger partial charge is 0.223 e. The van der Waals surface area contributed by atoms with Gasteiger partial charge in [-0.2, -0.15) is 0 Å². The van der Waals surface area contributed by atoms with Crippen molar-refractivity contribution in [2.24, 2.45) is 0 Å². The van der Waals surface area contributed by atoms with Crippen molar-refractivity contribution in [2.75, 3.05) is 13.7 Å². The van der Waals surface area contributed by atoms with Crippen molar-refractivity contribution in [3.05, 3.63) is 71.8 Å². The molecule has 0 aromatic heterocycles. The highest BCUT2D eigenvalue weighted by Crippen LogP contribution is 2.24. The number of carbonyl (C=O) groups excluding carboxylic acids is 1. The lowest BCUT2D eigenvalue weighted by Gasteiger charge is -2.24. The van der Waals surface area contributed by atoms with Gasteiger partial charge in [-0.05, 0) is 18.1 Å². The van der Waals surface area contributed by atoms with Crippen molar-refractivity contribution in [3.63, 3.8) is 0 Å². The number of aliphatic hydroxyl groups is 1. The lowest BCUT2D eigenvalue weighted by Crippen LogP contribution is -2.35. The Morgan fingerprint density at radius 2 is 1.70 bits per heavy atom. The minimum atomic E-state index is -1.19. The summed E-state index contributed by atoms with van der Waals surface area (Å²) in [6, 6.07) is 18.9. The van der Waals surface area contributed by atoms with E-state index in [2.05, 4.69) is 5.32 Å². The van der Waals surface area contributed by atoms with E-state index in [-0.39, 0.29) is 18.4 Å². The second-order valence-electron chi connectivity index (χ2n) is 5.76. The number of amides is 1. The van der Waals surface area contributed by atoms with Gasteiger partial charge < -0.3 is 15.2 Å². The summed E-state index contributed by atoms with van der Waals surface area (Å²) in [6.07, 6.45) is -0.204. The quantitative estimate of drug-likeness (QED) is 0.826. The molecule has 0 saturated carbocycles. The van der Waals surface area contributed by atoms with Crippen LogP contribution in [0.25, 0.3) is 0 Å². The zero-order valence-electron chi connectivity index (χ0n) is 13.5. The molecule has 0 fully saturated rings. The summed E-state index contributed by atoms with van der Waals surface area (Å²) in [5, 5.41) is 13.3. The van der Waals surface area contributed by atoms with Crippen LogP contribution in [-0.4, -0.2) is 24.7 Å². The highest BCUT2D eigenvalue weighted by Gasteiger charge is 2.26. The highest BCUT2D eigenvalue weighted by atomic mass is 16.5. The van der Waals surface area contributed by atoms with Crippen LogP contribution in [0.4, 0.5) is 0 Å². The van der Waals surface area contributed by atoms with Gasteiger partial charge in [0.1, 0.15) is 0 Å². The Bertz CT molecular complexity index is 611. The molecule has 23 heavy (non-hydrogen) atoms. The summed E-state index contributed by atoms with van der Waals surface area (Å²) in [6.45, 7) is 2.01. The standard InChI is InChI=1S/C19H23NO3/c1-19(22,16-11-7-4-8-12-16)13-18(21)20-14-17(23-2)15-9-5-3-6-10-15/h3-12,17,22H,13-14H2,1-2H3,(H,20,21). The molecule has 0 bridgehead atoms. The highest BCUT2D eigenvalue weighted by molar-refractivity contribution is 5.77.